The van der Waals surface area contributed by atoms with Gasteiger partial charge in [0.25, 0.3) is 0 Å². The third kappa shape index (κ3) is 5.52. The van der Waals surface area contributed by atoms with E-state index < -0.39 is 0 Å². The Labute approximate surface area is 111 Å². The third-order valence-electron chi connectivity index (χ3n) is 2.98. The van der Waals surface area contributed by atoms with Crippen LogP contribution in [-0.4, -0.2) is 25.7 Å². The lowest BCUT2D eigenvalue weighted by Gasteiger charge is -2.16. The van der Waals surface area contributed by atoms with Gasteiger partial charge < -0.3 is 15.8 Å². The van der Waals surface area contributed by atoms with Crippen LogP contribution >= 0.6 is 0 Å². The zero-order valence-corrected chi connectivity index (χ0v) is 12.0. The lowest BCUT2D eigenvalue weighted by atomic mass is 10.1. The van der Waals surface area contributed by atoms with Crippen molar-refractivity contribution in [1.82, 2.24) is 5.32 Å². The highest BCUT2D eigenvalue weighted by molar-refractivity contribution is 5.32. The minimum Gasteiger partial charge on any atom is -0.492 e. The van der Waals surface area contributed by atoms with Gasteiger partial charge in [-0.3, -0.25) is 0 Å². The van der Waals surface area contributed by atoms with E-state index in [9.17, 15) is 0 Å². The van der Waals surface area contributed by atoms with Gasteiger partial charge in [-0.1, -0.05) is 19.9 Å². The summed E-state index contributed by atoms with van der Waals surface area (Å²) in [7, 11) is 0. The minimum absolute atomic E-state index is 0.214. The van der Waals surface area contributed by atoms with Crippen molar-refractivity contribution in [3.8, 4) is 5.75 Å². The second-order valence-electron chi connectivity index (χ2n) is 5.28. The highest BCUT2D eigenvalue weighted by Gasteiger charge is 2.05. The Morgan fingerprint density at radius 2 is 1.78 bits per heavy atom. The number of rotatable bonds is 7. The molecule has 0 fully saturated rings. The molecule has 1 rings (SSSR count). The maximum Gasteiger partial charge on any atom is 0.119 e. The molecule has 0 bridgehead atoms. The van der Waals surface area contributed by atoms with Crippen LogP contribution in [0.5, 0.6) is 5.75 Å². The predicted octanol–water partition coefficient (Wildman–Crippen LogP) is 2.26. The standard InChI is InChI=1S/C15H26N2O/c1-11(2)15(16)10-17-5-6-18-14-8-12(3)7-13(4)9-14/h7-9,11,15,17H,5-6,10,16H2,1-4H3. The van der Waals surface area contributed by atoms with Gasteiger partial charge in [0, 0.05) is 19.1 Å². The summed E-state index contributed by atoms with van der Waals surface area (Å²) in [6, 6.07) is 6.48. The summed E-state index contributed by atoms with van der Waals surface area (Å²) >= 11 is 0. The highest BCUT2D eigenvalue weighted by Crippen LogP contribution is 2.15. The first kappa shape index (κ1) is 15.0. The average molecular weight is 250 g/mol. The lowest BCUT2D eigenvalue weighted by Crippen LogP contribution is -2.39. The quantitative estimate of drug-likeness (QED) is 0.730. The molecule has 18 heavy (non-hydrogen) atoms. The first-order valence-electron chi connectivity index (χ1n) is 6.66. The van der Waals surface area contributed by atoms with Gasteiger partial charge in [0.05, 0.1) is 0 Å². The van der Waals surface area contributed by atoms with E-state index in [2.05, 4.69) is 51.2 Å². The van der Waals surface area contributed by atoms with E-state index in [1.165, 1.54) is 11.1 Å². The van der Waals surface area contributed by atoms with E-state index in [4.69, 9.17) is 10.5 Å². The molecular weight excluding hydrogens is 224 g/mol. The molecule has 102 valence electrons. The molecule has 0 spiro atoms. The van der Waals surface area contributed by atoms with E-state index in [0.29, 0.717) is 12.5 Å². The SMILES string of the molecule is Cc1cc(C)cc(OCCNCC(N)C(C)C)c1. The van der Waals surface area contributed by atoms with E-state index in [1.807, 2.05) is 0 Å². The molecule has 3 nitrogen and oxygen atoms in total. The molecular formula is C15H26N2O. The van der Waals surface area contributed by atoms with Gasteiger partial charge in [-0.25, -0.2) is 0 Å². The van der Waals surface area contributed by atoms with Crippen molar-refractivity contribution in [3.05, 3.63) is 29.3 Å². The summed E-state index contributed by atoms with van der Waals surface area (Å²) in [5, 5.41) is 3.32. The van der Waals surface area contributed by atoms with Crippen LogP contribution in [0.15, 0.2) is 18.2 Å². The third-order valence-corrected chi connectivity index (χ3v) is 2.98. The highest BCUT2D eigenvalue weighted by atomic mass is 16.5. The number of hydrogen-bond acceptors (Lipinski definition) is 3. The molecule has 0 amide bonds. The van der Waals surface area contributed by atoms with Crippen molar-refractivity contribution in [2.45, 2.75) is 33.7 Å². The molecule has 3 N–H and O–H groups in total. The second-order valence-corrected chi connectivity index (χ2v) is 5.28. The van der Waals surface area contributed by atoms with Crippen LogP contribution in [-0.2, 0) is 0 Å². The van der Waals surface area contributed by atoms with Crippen LogP contribution in [0.1, 0.15) is 25.0 Å². The maximum atomic E-state index is 5.95. The zero-order chi connectivity index (χ0) is 13.5. The number of aryl methyl sites for hydroxylation is 2. The summed E-state index contributed by atoms with van der Waals surface area (Å²) in [6.45, 7) is 10.8. The van der Waals surface area contributed by atoms with Crippen LogP contribution in [0.3, 0.4) is 0 Å². The normalized spacial score (nSPS) is 12.8. The van der Waals surface area contributed by atoms with Gasteiger partial charge in [0.15, 0.2) is 0 Å². The predicted molar refractivity (Wildman–Crippen MR) is 77.1 cm³/mol. The summed E-state index contributed by atoms with van der Waals surface area (Å²) < 4.78 is 5.71. The van der Waals surface area contributed by atoms with Crippen LogP contribution in [0.25, 0.3) is 0 Å². The molecule has 0 aromatic heterocycles. The monoisotopic (exact) mass is 250 g/mol. The van der Waals surface area contributed by atoms with Gasteiger partial charge >= 0.3 is 0 Å². The molecule has 0 aliphatic carbocycles. The summed E-state index contributed by atoms with van der Waals surface area (Å²) in [5.74, 6) is 1.46. The fourth-order valence-corrected chi connectivity index (χ4v) is 1.76. The van der Waals surface area contributed by atoms with Crippen molar-refractivity contribution in [1.29, 1.82) is 0 Å². The smallest absolute Gasteiger partial charge is 0.119 e. The minimum atomic E-state index is 0.214. The molecule has 3 heteroatoms. The molecule has 0 heterocycles. The van der Waals surface area contributed by atoms with E-state index in [0.717, 1.165) is 18.8 Å². The Bertz CT molecular complexity index is 343. The fraction of sp³-hybridized carbons (Fsp3) is 0.600. The second kappa shape index (κ2) is 7.39. The van der Waals surface area contributed by atoms with Crippen molar-refractivity contribution >= 4 is 0 Å². The van der Waals surface area contributed by atoms with Crippen molar-refractivity contribution < 1.29 is 4.74 Å². The van der Waals surface area contributed by atoms with Crippen LogP contribution in [0.4, 0.5) is 0 Å². The topological polar surface area (TPSA) is 47.3 Å². The van der Waals surface area contributed by atoms with Gasteiger partial charge in [-0.05, 0) is 43.0 Å². The first-order chi connectivity index (χ1) is 8.49. The number of hydrogen-bond donors (Lipinski definition) is 2. The molecule has 0 aliphatic heterocycles. The summed E-state index contributed by atoms with van der Waals surface area (Å²) in [5.41, 5.74) is 8.42. The van der Waals surface area contributed by atoms with Crippen molar-refractivity contribution in [2.75, 3.05) is 19.7 Å². The van der Waals surface area contributed by atoms with E-state index in [1.54, 1.807) is 0 Å². The summed E-state index contributed by atoms with van der Waals surface area (Å²) in [6.07, 6.45) is 0. The molecule has 1 aromatic rings. The van der Waals surface area contributed by atoms with Crippen molar-refractivity contribution in [3.63, 3.8) is 0 Å². The number of nitrogens with two attached hydrogens (primary N) is 1. The van der Waals surface area contributed by atoms with Gasteiger partial charge in [0.1, 0.15) is 12.4 Å². The van der Waals surface area contributed by atoms with Crippen LogP contribution in [0, 0.1) is 19.8 Å². The fourth-order valence-electron chi connectivity index (χ4n) is 1.76. The largest absolute Gasteiger partial charge is 0.492 e. The molecule has 0 aliphatic rings. The van der Waals surface area contributed by atoms with Crippen LogP contribution < -0.4 is 15.8 Å². The zero-order valence-electron chi connectivity index (χ0n) is 12.0. The van der Waals surface area contributed by atoms with Gasteiger partial charge in [-0.15, -0.1) is 0 Å². The number of ether oxygens (including phenoxy) is 1. The first-order valence-corrected chi connectivity index (χ1v) is 6.66. The van der Waals surface area contributed by atoms with Crippen LogP contribution in [0.2, 0.25) is 0 Å². The van der Waals surface area contributed by atoms with E-state index in [-0.39, 0.29) is 6.04 Å². The Morgan fingerprint density at radius 1 is 1.17 bits per heavy atom. The Morgan fingerprint density at radius 3 is 2.33 bits per heavy atom. The molecule has 0 saturated carbocycles. The number of benzene rings is 1. The molecule has 0 radical (unpaired) electrons. The molecule has 1 unspecified atom stereocenters. The van der Waals surface area contributed by atoms with Gasteiger partial charge in [-0.2, -0.15) is 0 Å². The average Bonchev–Trinajstić information content (AvgIpc) is 2.26. The van der Waals surface area contributed by atoms with Crippen molar-refractivity contribution in [2.24, 2.45) is 11.7 Å². The maximum absolute atomic E-state index is 5.95. The number of nitrogens with one attached hydrogen (secondary N) is 1. The molecule has 1 aromatic carbocycles. The Hall–Kier alpha value is -1.06. The lowest BCUT2D eigenvalue weighted by molar-refractivity contribution is 0.309. The molecule has 1 atom stereocenters. The van der Waals surface area contributed by atoms with Gasteiger partial charge in [0.2, 0.25) is 0 Å². The Kier molecular flexibility index (Phi) is 6.16. The molecule has 0 saturated heterocycles. The van der Waals surface area contributed by atoms with E-state index >= 15 is 0 Å². The summed E-state index contributed by atoms with van der Waals surface area (Å²) in [4.78, 5) is 0. The Balaban J connectivity index is 2.22.